The Kier molecular flexibility index (Phi) is 10.5. The maximum atomic E-state index is 13.5. The molecular weight excluding hydrogens is 658 g/mol. The zero-order chi connectivity index (χ0) is 36.4. The summed E-state index contributed by atoms with van der Waals surface area (Å²) in [7, 11) is 0. The predicted molar refractivity (Wildman–Crippen MR) is 199 cm³/mol. The maximum Gasteiger partial charge on any atom is 0.328 e. The fourth-order valence-corrected chi connectivity index (χ4v) is 9.07. The summed E-state index contributed by atoms with van der Waals surface area (Å²) in [6.45, 7) is 6.99. The number of fused-ring (bicyclic) bond motifs is 5. The second-order valence-electron chi connectivity index (χ2n) is 14.8. The standard InChI is InChI=1S/C41H49N5O6/c1-25-6-4-9-33-31(25)21-34(32-24-46-18-14-27(32)15-19-46)41(33,40(51)52)44-22-26-7-5-8-28(20-26)39(50)43-17-3-2-16-42-23-36(48)29-10-12-35(47)38-30(29)11-13-37(49)45-38/h4-13,20,27,32,34,36,42,44,47-48H,2-3,14-19,21-24H2,1H3,(H,43,50)(H,45,49)(H,51,52)/t32?,34?,36?,41-/m0/s1. The number of piperidine rings is 3. The zero-order valence-electron chi connectivity index (χ0n) is 29.7. The molecule has 1 amide bonds. The number of carbonyl (C=O) groups excluding carboxylic acids is 1. The number of unbranched alkanes of at least 4 members (excludes halogenated alkanes) is 1. The van der Waals surface area contributed by atoms with Gasteiger partial charge in [-0.1, -0.05) is 36.4 Å². The molecular formula is C41H49N5O6. The van der Waals surface area contributed by atoms with Crippen LogP contribution in [0.3, 0.4) is 0 Å². The van der Waals surface area contributed by atoms with E-state index in [1.807, 2.05) is 30.3 Å². The van der Waals surface area contributed by atoms with Crippen LogP contribution in [-0.2, 0) is 23.3 Å². The van der Waals surface area contributed by atoms with Crippen molar-refractivity contribution in [1.29, 1.82) is 0 Å². The molecule has 3 saturated heterocycles. The number of phenols is 1. The number of aromatic hydroxyl groups is 1. The van der Waals surface area contributed by atoms with Crippen LogP contribution in [0.1, 0.15) is 70.0 Å². The van der Waals surface area contributed by atoms with Crippen LogP contribution in [0.5, 0.6) is 5.75 Å². The molecule has 3 aromatic carbocycles. The van der Waals surface area contributed by atoms with Gasteiger partial charge in [0.05, 0.1) is 11.6 Å². The topological polar surface area (TPSA) is 167 Å². The van der Waals surface area contributed by atoms with Crippen molar-refractivity contribution in [3.8, 4) is 5.75 Å². The normalized spacial score (nSPS) is 24.1. The van der Waals surface area contributed by atoms with Crippen LogP contribution in [0.15, 0.2) is 71.5 Å². The molecule has 11 nitrogen and oxygen atoms in total. The SMILES string of the molecule is Cc1cccc2c1CC(C1CN3CCC1CC3)[C@]2(NCc1cccc(C(=O)NCCCCNCC(O)c2ccc(O)c3[nH]c(=O)ccc23)c1)C(=O)O. The van der Waals surface area contributed by atoms with Gasteiger partial charge in [0.1, 0.15) is 11.3 Å². The van der Waals surface area contributed by atoms with Crippen LogP contribution in [0.25, 0.3) is 10.9 Å². The highest BCUT2D eigenvalue weighted by Gasteiger charge is 2.57. The summed E-state index contributed by atoms with van der Waals surface area (Å²) in [5.41, 5.74) is 3.95. The van der Waals surface area contributed by atoms with E-state index in [0.29, 0.717) is 60.0 Å². The first-order valence-electron chi connectivity index (χ1n) is 18.6. The Bertz CT molecular complexity index is 2010. The van der Waals surface area contributed by atoms with Gasteiger partial charge in [-0.25, -0.2) is 4.79 Å². The molecule has 4 aliphatic rings. The monoisotopic (exact) mass is 707 g/mol. The lowest BCUT2D eigenvalue weighted by atomic mass is 9.66. The molecule has 3 unspecified atom stereocenters. The number of H-pyrrole nitrogens is 1. The zero-order valence-corrected chi connectivity index (χ0v) is 29.7. The molecule has 8 rings (SSSR count). The molecule has 0 radical (unpaired) electrons. The predicted octanol–water partition coefficient (Wildman–Crippen LogP) is 3.96. The van der Waals surface area contributed by atoms with Gasteiger partial charge in [0.2, 0.25) is 5.56 Å². The van der Waals surface area contributed by atoms with Crippen molar-refractivity contribution < 1.29 is 24.9 Å². The summed E-state index contributed by atoms with van der Waals surface area (Å²) in [5.74, 6) is -0.266. The number of rotatable bonds is 14. The van der Waals surface area contributed by atoms with Gasteiger partial charge in [0.15, 0.2) is 0 Å². The molecule has 52 heavy (non-hydrogen) atoms. The number of aryl methyl sites for hydroxylation is 1. The van der Waals surface area contributed by atoms with Crippen LogP contribution < -0.4 is 21.5 Å². The van der Waals surface area contributed by atoms with E-state index in [4.69, 9.17) is 0 Å². The third-order valence-electron chi connectivity index (χ3n) is 11.8. The molecule has 7 N–H and O–H groups in total. The molecule has 0 spiro atoms. The van der Waals surface area contributed by atoms with Gasteiger partial charge >= 0.3 is 5.97 Å². The van der Waals surface area contributed by atoms with Crippen LogP contribution in [0.2, 0.25) is 0 Å². The summed E-state index contributed by atoms with van der Waals surface area (Å²) in [6.07, 6.45) is 3.70. The van der Waals surface area contributed by atoms with Crippen LogP contribution in [0, 0.1) is 24.7 Å². The van der Waals surface area contributed by atoms with E-state index in [1.165, 1.54) is 12.1 Å². The molecule has 274 valence electrons. The van der Waals surface area contributed by atoms with E-state index < -0.39 is 17.6 Å². The van der Waals surface area contributed by atoms with Gasteiger partial charge in [-0.3, -0.25) is 14.9 Å². The summed E-state index contributed by atoms with van der Waals surface area (Å²) >= 11 is 0. The third-order valence-corrected chi connectivity index (χ3v) is 11.8. The second-order valence-corrected chi connectivity index (χ2v) is 14.8. The van der Waals surface area contributed by atoms with Crippen LogP contribution >= 0.6 is 0 Å². The van der Waals surface area contributed by atoms with E-state index in [9.17, 15) is 29.7 Å². The molecule has 0 saturated carbocycles. The number of phenolic OH excluding ortho intramolecular Hbond substituents is 1. The quantitative estimate of drug-likeness (QED) is 0.0961. The van der Waals surface area contributed by atoms with Crippen molar-refractivity contribution in [3.05, 3.63) is 110 Å². The average Bonchev–Trinajstić information content (AvgIpc) is 3.51. The first kappa shape index (κ1) is 35.8. The van der Waals surface area contributed by atoms with Gasteiger partial charge in [-0.15, -0.1) is 0 Å². The van der Waals surface area contributed by atoms with Crippen molar-refractivity contribution in [2.75, 3.05) is 39.3 Å². The van der Waals surface area contributed by atoms with Gasteiger partial charge in [0.25, 0.3) is 5.91 Å². The van der Waals surface area contributed by atoms with Crippen LogP contribution in [-0.4, -0.2) is 76.3 Å². The van der Waals surface area contributed by atoms with E-state index >= 15 is 0 Å². The number of aromatic nitrogens is 1. The number of hydrogen-bond acceptors (Lipinski definition) is 8. The number of carbonyl (C=O) groups is 2. The number of carboxylic acids is 1. The lowest BCUT2D eigenvalue weighted by molar-refractivity contribution is -0.150. The number of aliphatic hydroxyl groups excluding tert-OH is 1. The highest BCUT2D eigenvalue weighted by Crippen LogP contribution is 2.51. The minimum absolute atomic E-state index is 0.0491. The number of aliphatic carboxylic acids is 1. The number of nitrogens with one attached hydrogen (secondary N) is 4. The maximum absolute atomic E-state index is 13.5. The lowest BCUT2D eigenvalue weighted by Gasteiger charge is -2.50. The van der Waals surface area contributed by atoms with Crippen molar-refractivity contribution in [2.45, 2.75) is 57.2 Å². The van der Waals surface area contributed by atoms with Crippen LogP contribution in [0.4, 0.5) is 0 Å². The Morgan fingerprint density at radius 1 is 1.02 bits per heavy atom. The van der Waals surface area contributed by atoms with Crippen molar-refractivity contribution >= 4 is 22.8 Å². The number of aromatic amines is 1. The van der Waals surface area contributed by atoms with E-state index in [0.717, 1.165) is 74.0 Å². The minimum atomic E-state index is -1.20. The number of carboxylic acid groups (broad SMARTS) is 1. The van der Waals surface area contributed by atoms with Crippen molar-refractivity contribution in [2.24, 2.45) is 17.8 Å². The largest absolute Gasteiger partial charge is 0.506 e. The fraction of sp³-hybridized carbons (Fsp3) is 0.439. The summed E-state index contributed by atoms with van der Waals surface area (Å²) in [4.78, 5) is 43.4. The number of pyridine rings is 1. The Morgan fingerprint density at radius 3 is 2.58 bits per heavy atom. The summed E-state index contributed by atoms with van der Waals surface area (Å²) in [6, 6.07) is 19.5. The van der Waals surface area contributed by atoms with E-state index in [-0.39, 0.29) is 23.1 Å². The number of benzene rings is 3. The Hall–Kier alpha value is -4.55. The summed E-state index contributed by atoms with van der Waals surface area (Å²) < 4.78 is 0. The van der Waals surface area contributed by atoms with Gasteiger partial charge < -0.3 is 35.8 Å². The molecule has 3 aliphatic heterocycles. The van der Waals surface area contributed by atoms with Crippen molar-refractivity contribution in [1.82, 2.24) is 25.8 Å². The molecule has 3 fully saturated rings. The number of amides is 1. The molecule has 4 heterocycles. The number of aliphatic hydroxyl groups is 1. The average molecular weight is 708 g/mol. The van der Waals surface area contributed by atoms with Gasteiger partial charge in [-0.05, 0) is 123 Å². The van der Waals surface area contributed by atoms with E-state index in [1.54, 1.807) is 18.2 Å². The highest BCUT2D eigenvalue weighted by molar-refractivity contribution is 5.94. The molecule has 4 atom stereocenters. The molecule has 2 bridgehead atoms. The Labute approximate surface area is 303 Å². The lowest BCUT2D eigenvalue weighted by Crippen LogP contribution is -2.59. The molecule has 1 aromatic heterocycles. The smallest absolute Gasteiger partial charge is 0.328 e. The van der Waals surface area contributed by atoms with Crippen molar-refractivity contribution in [3.63, 3.8) is 0 Å². The molecule has 4 aromatic rings. The first-order valence-corrected chi connectivity index (χ1v) is 18.6. The number of nitrogens with zero attached hydrogens (tertiary/aromatic N) is 1. The van der Waals surface area contributed by atoms with Gasteiger partial charge in [0, 0.05) is 49.1 Å². The van der Waals surface area contributed by atoms with E-state index in [2.05, 4.69) is 38.8 Å². The number of hydrogen-bond donors (Lipinski definition) is 7. The molecule has 1 aliphatic carbocycles. The van der Waals surface area contributed by atoms with Gasteiger partial charge in [-0.2, -0.15) is 0 Å². The highest BCUT2D eigenvalue weighted by atomic mass is 16.4. The second kappa shape index (κ2) is 15.2. The summed E-state index contributed by atoms with van der Waals surface area (Å²) in [5, 5.41) is 42.3. The third kappa shape index (κ3) is 6.98. The minimum Gasteiger partial charge on any atom is -0.506 e. The first-order chi connectivity index (χ1) is 25.2. The fourth-order valence-electron chi connectivity index (χ4n) is 9.07. The Balaban J connectivity index is 0.926. The molecule has 11 heteroatoms. The Morgan fingerprint density at radius 2 is 1.81 bits per heavy atom.